The van der Waals surface area contributed by atoms with Gasteiger partial charge < -0.3 is 14.6 Å². The van der Waals surface area contributed by atoms with E-state index in [1.807, 2.05) is 0 Å². The van der Waals surface area contributed by atoms with Gasteiger partial charge in [-0.25, -0.2) is 19.0 Å². The van der Waals surface area contributed by atoms with Crippen LogP contribution in [-0.2, 0) is 20.8 Å². The van der Waals surface area contributed by atoms with Gasteiger partial charge in [0, 0.05) is 17.1 Å². The van der Waals surface area contributed by atoms with Crippen LogP contribution in [0, 0.1) is 5.82 Å². The molecule has 0 heterocycles. The first-order valence-corrected chi connectivity index (χ1v) is 10.5. The molecule has 0 saturated heterocycles. The number of ether oxygens (including phenoxy) is 2. The second kappa shape index (κ2) is 11.3. The Kier molecular flexibility index (Phi) is 9.00. The summed E-state index contributed by atoms with van der Waals surface area (Å²) in [6.07, 6.45) is -2.20. The molecule has 0 saturated carbocycles. The predicted octanol–water partition coefficient (Wildman–Crippen LogP) is 4.31. The zero-order chi connectivity index (χ0) is 23.9. The highest BCUT2D eigenvalue weighted by molar-refractivity contribution is 6.30. The van der Waals surface area contributed by atoms with E-state index in [0.29, 0.717) is 16.1 Å². The first-order valence-electron chi connectivity index (χ1n) is 10.1. The molecule has 2 N–H and O–H groups in total. The van der Waals surface area contributed by atoms with E-state index in [1.165, 1.54) is 23.2 Å². The van der Waals surface area contributed by atoms with Crippen molar-refractivity contribution in [1.29, 1.82) is 0 Å². The molecular weight excluding hydrogens is 439 g/mol. The van der Waals surface area contributed by atoms with E-state index in [1.54, 1.807) is 52.0 Å². The molecule has 2 aromatic rings. The summed E-state index contributed by atoms with van der Waals surface area (Å²) < 4.78 is 24.2. The zero-order valence-corrected chi connectivity index (χ0v) is 19.3. The van der Waals surface area contributed by atoms with Crippen molar-refractivity contribution < 1.29 is 28.6 Å². The van der Waals surface area contributed by atoms with Gasteiger partial charge in [0.25, 0.3) is 0 Å². The number of hydrogen-bond acceptors (Lipinski definition) is 6. The minimum absolute atomic E-state index is 0.122. The highest BCUT2D eigenvalue weighted by Gasteiger charge is 2.24. The summed E-state index contributed by atoms with van der Waals surface area (Å²) in [7, 11) is 0. The Morgan fingerprint density at radius 3 is 2.44 bits per heavy atom. The molecule has 1 atom stereocenters. The molecule has 0 aromatic heterocycles. The number of benzene rings is 2. The van der Waals surface area contributed by atoms with E-state index in [0.717, 1.165) is 5.56 Å². The molecule has 0 unspecified atom stereocenters. The zero-order valence-electron chi connectivity index (χ0n) is 18.5. The number of hydrazine groups is 1. The molecule has 2 rings (SSSR count). The van der Waals surface area contributed by atoms with Gasteiger partial charge in [0.05, 0.1) is 13.2 Å². The maximum absolute atomic E-state index is 14.1. The van der Waals surface area contributed by atoms with Crippen molar-refractivity contribution in [1.82, 2.24) is 10.4 Å². The average molecular weight is 467 g/mol. The lowest BCUT2D eigenvalue weighted by atomic mass is 10.0. The van der Waals surface area contributed by atoms with E-state index in [9.17, 15) is 19.1 Å². The highest BCUT2D eigenvalue weighted by Crippen LogP contribution is 2.26. The Morgan fingerprint density at radius 1 is 1.19 bits per heavy atom. The number of hydrogen-bond donors (Lipinski definition) is 2. The number of halogens is 2. The third-order valence-electron chi connectivity index (χ3n) is 4.17. The number of esters is 1. The number of rotatable bonds is 8. The van der Waals surface area contributed by atoms with Crippen LogP contribution >= 0.6 is 11.6 Å². The van der Waals surface area contributed by atoms with E-state index < -0.39 is 29.6 Å². The molecule has 0 aliphatic carbocycles. The van der Waals surface area contributed by atoms with Crippen molar-refractivity contribution >= 4 is 23.7 Å². The molecule has 0 fully saturated rings. The van der Waals surface area contributed by atoms with Crippen LogP contribution in [0.25, 0.3) is 11.1 Å². The molecule has 0 bridgehead atoms. The molecule has 174 valence electrons. The fourth-order valence-electron chi connectivity index (χ4n) is 2.83. The lowest BCUT2D eigenvalue weighted by Crippen LogP contribution is -2.49. The fourth-order valence-corrected chi connectivity index (χ4v) is 3.00. The molecule has 2 aromatic carbocycles. The molecule has 9 heteroatoms. The van der Waals surface area contributed by atoms with Gasteiger partial charge in [-0.05, 0) is 57.0 Å². The van der Waals surface area contributed by atoms with Crippen LogP contribution in [0.3, 0.4) is 0 Å². The van der Waals surface area contributed by atoms with Crippen molar-refractivity contribution in [3.05, 3.63) is 58.9 Å². The second-order valence-electron chi connectivity index (χ2n) is 8.08. The van der Waals surface area contributed by atoms with Gasteiger partial charge in [0.1, 0.15) is 11.4 Å². The average Bonchev–Trinajstić information content (AvgIpc) is 2.69. The summed E-state index contributed by atoms with van der Waals surface area (Å²) in [6.45, 7) is 6.84. The third kappa shape index (κ3) is 8.11. The maximum Gasteiger partial charge on any atom is 0.422 e. The summed E-state index contributed by atoms with van der Waals surface area (Å²) in [6, 6.07) is 11.2. The summed E-state index contributed by atoms with van der Waals surface area (Å²) >= 11 is 5.97. The molecule has 7 nitrogen and oxygen atoms in total. The Morgan fingerprint density at radius 2 is 1.84 bits per heavy atom. The predicted molar refractivity (Wildman–Crippen MR) is 119 cm³/mol. The van der Waals surface area contributed by atoms with Crippen LogP contribution in [0.1, 0.15) is 33.3 Å². The lowest BCUT2D eigenvalue weighted by molar-refractivity contribution is -0.154. The van der Waals surface area contributed by atoms with Crippen LogP contribution in [0.15, 0.2) is 42.5 Å². The summed E-state index contributed by atoms with van der Waals surface area (Å²) in [5.74, 6) is -1.19. The summed E-state index contributed by atoms with van der Waals surface area (Å²) in [5, 5.41) is 11.9. The number of aliphatic hydroxyl groups excluding tert-OH is 1. The Hall–Kier alpha value is -2.68. The Labute approximate surface area is 192 Å². The van der Waals surface area contributed by atoms with Crippen molar-refractivity contribution in [3.8, 4) is 11.1 Å². The third-order valence-corrected chi connectivity index (χ3v) is 4.40. The number of carbonyl (C=O) groups is 2. The second-order valence-corrected chi connectivity index (χ2v) is 8.52. The highest BCUT2D eigenvalue weighted by atomic mass is 35.5. The standard InChI is InChI=1S/C23H28ClFN2O5/c1-5-31-21(29)20(28)14-27(26-22(30)32-23(2,3)4)13-15-6-8-16(9-7-15)18-12-17(24)10-11-19(18)25/h6-12,20,28H,5,13-14H2,1-4H3,(H,26,30)/t20-/m1/s1. The normalized spacial score (nSPS) is 12.4. The van der Waals surface area contributed by atoms with Crippen molar-refractivity contribution in [2.75, 3.05) is 13.2 Å². The van der Waals surface area contributed by atoms with Crippen LogP contribution in [0.4, 0.5) is 9.18 Å². The van der Waals surface area contributed by atoms with Gasteiger partial charge in [-0.3, -0.25) is 5.43 Å². The van der Waals surface area contributed by atoms with Gasteiger partial charge in [-0.15, -0.1) is 0 Å². The summed E-state index contributed by atoms with van der Waals surface area (Å²) in [4.78, 5) is 24.0. The number of carbonyl (C=O) groups excluding carboxylic acids is 2. The molecule has 0 spiro atoms. The molecule has 0 radical (unpaired) electrons. The number of nitrogens with zero attached hydrogens (tertiary/aromatic N) is 1. The van der Waals surface area contributed by atoms with Gasteiger partial charge in [0.2, 0.25) is 0 Å². The quantitative estimate of drug-likeness (QED) is 0.445. The maximum atomic E-state index is 14.1. The minimum atomic E-state index is -1.47. The fraction of sp³-hybridized carbons (Fsp3) is 0.391. The van der Waals surface area contributed by atoms with Gasteiger partial charge >= 0.3 is 12.1 Å². The topological polar surface area (TPSA) is 88.1 Å². The molecule has 1 amide bonds. The van der Waals surface area contributed by atoms with Gasteiger partial charge in [0.15, 0.2) is 6.10 Å². The monoisotopic (exact) mass is 466 g/mol. The van der Waals surface area contributed by atoms with E-state index in [2.05, 4.69) is 5.43 Å². The van der Waals surface area contributed by atoms with Gasteiger partial charge in [-0.1, -0.05) is 35.9 Å². The largest absolute Gasteiger partial charge is 0.464 e. The van der Waals surface area contributed by atoms with E-state index in [-0.39, 0.29) is 19.7 Å². The molecule has 0 aliphatic rings. The number of aliphatic hydroxyl groups is 1. The van der Waals surface area contributed by atoms with Crippen molar-refractivity contribution in [2.24, 2.45) is 0 Å². The Bertz CT molecular complexity index is 931. The lowest BCUT2D eigenvalue weighted by Gasteiger charge is -2.27. The smallest absolute Gasteiger partial charge is 0.422 e. The molecular formula is C23H28ClFN2O5. The first-order chi connectivity index (χ1) is 15.0. The summed E-state index contributed by atoms with van der Waals surface area (Å²) in [5.41, 5.74) is 3.55. The number of nitrogens with one attached hydrogen (secondary N) is 1. The molecule has 0 aliphatic heterocycles. The van der Waals surface area contributed by atoms with Crippen LogP contribution < -0.4 is 5.43 Å². The first kappa shape index (κ1) is 25.6. The van der Waals surface area contributed by atoms with Crippen LogP contribution in [0.2, 0.25) is 5.02 Å². The van der Waals surface area contributed by atoms with Crippen molar-refractivity contribution in [3.63, 3.8) is 0 Å². The van der Waals surface area contributed by atoms with E-state index in [4.69, 9.17) is 21.1 Å². The number of amides is 1. The SMILES string of the molecule is CCOC(=O)[C@H](O)CN(Cc1ccc(-c2cc(Cl)ccc2F)cc1)NC(=O)OC(C)(C)C. The van der Waals surface area contributed by atoms with Crippen molar-refractivity contribution in [2.45, 2.75) is 45.9 Å². The molecule has 32 heavy (non-hydrogen) atoms. The van der Waals surface area contributed by atoms with Gasteiger partial charge in [-0.2, -0.15) is 0 Å². The van der Waals surface area contributed by atoms with Crippen LogP contribution in [0.5, 0.6) is 0 Å². The minimum Gasteiger partial charge on any atom is -0.464 e. The van der Waals surface area contributed by atoms with E-state index >= 15 is 0 Å². The Balaban J connectivity index is 2.17. The van der Waals surface area contributed by atoms with Crippen LogP contribution in [-0.4, -0.2) is 47.0 Å².